The van der Waals surface area contributed by atoms with Crippen LogP contribution < -0.4 is 0 Å². The Bertz CT molecular complexity index is 453. The molecule has 2 unspecified atom stereocenters. The van der Waals surface area contributed by atoms with E-state index in [4.69, 9.17) is 16.7 Å². The van der Waals surface area contributed by atoms with Gasteiger partial charge in [-0.3, -0.25) is 9.69 Å². The van der Waals surface area contributed by atoms with Crippen molar-refractivity contribution in [3.05, 3.63) is 34.6 Å². The van der Waals surface area contributed by atoms with E-state index in [1.165, 1.54) is 6.07 Å². The van der Waals surface area contributed by atoms with Gasteiger partial charge < -0.3 is 5.11 Å². The molecule has 1 aromatic carbocycles. The molecular formula is C14H19ClFNO2. The summed E-state index contributed by atoms with van der Waals surface area (Å²) in [5.41, 5.74) is 0.880. The van der Waals surface area contributed by atoms with Crippen LogP contribution in [-0.4, -0.2) is 28.6 Å². The lowest BCUT2D eigenvalue weighted by Gasteiger charge is -2.33. The van der Waals surface area contributed by atoms with Gasteiger partial charge >= 0.3 is 5.97 Å². The molecule has 5 heteroatoms. The van der Waals surface area contributed by atoms with Crippen molar-refractivity contribution in [1.29, 1.82) is 0 Å². The molecule has 2 atom stereocenters. The van der Waals surface area contributed by atoms with Crippen molar-refractivity contribution in [2.45, 2.75) is 39.3 Å². The molecule has 0 radical (unpaired) electrons. The molecule has 3 nitrogen and oxygen atoms in total. The van der Waals surface area contributed by atoms with Gasteiger partial charge in [-0.05, 0) is 38.1 Å². The van der Waals surface area contributed by atoms with E-state index in [-0.39, 0.29) is 23.5 Å². The summed E-state index contributed by atoms with van der Waals surface area (Å²) in [6, 6.07) is 4.50. The van der Waals surface area contributed by atoms with E-state index in [9.17, 15) is 9.18 Å². The van der Waals surface area contributed by atoms with Gasteiger partial charge in [-0.1, -0.05) is 24.6 Å². The number of carboxylic acids is 1. The highest BCUT2D eigenvalue weighted by molar-refractivity contribution is 6.30. The molecule has 106 valence electrons. The SMILES string of the molecule is CCN(C(C)CC(=O)O)C(C)c1ccc(F)c(Cl)c1. The number of halogens is 2. The molecule has 0 bridgehead atoms. The molecule has 0 aromatic heterocycles. The Labute approximate surface area is 118 Å². The Morgan fingerprint density at radius 2 is 2.11 bits per heavy atom. The first-order valence-corrected chi connectivity index (χ1v) is 6.67. The van der Waals surface area contributed by atoms with E-state index < -0.39 is 11.8 Å². The second-order valence-electron chi connectivity index (χ2n) is 4.63. The standard InChI is InChI=1S/C14H19ClFNO2/c1-4-17(9(2)7-14(18)19)10(3)11-5-6-13(16)12(15)8-11/h5-6,8-10H,4,7H2,1-3H3,(H,18,19). The van der Waals surface area contributed by atoms with Crippen LogP contribution in [0, 0.1) is 5.82 Å². The van der Waals surface area contributed by atoms with Gasteiger partial charge in [0.2, 0.25) is 0 Å². The zero-order valence-corrected chi connectivity index (χ0v) is 12.1. The van der Waals surface area contributed by atoms with Crippen molar-refractivity contribution in [1.82, 2.24) is 4.90 Å². The fraction of sp³-hybridized carbons (Fsp3) is 0.500. The van der Waals surface area contributed by atoms with E-state index in [1.807, 2.05) is 20.8 Å². The van der Waals surface area contributed by atoms with E-state index in [1.54, 1.807) is 12.1 Å². The molecule has 0 aliphatic carbocycles. The fourth-order valence-electron chi connectivity index (χ4n) is 2.30. The van der Waals surface area contributed by atoms with Crippen molar-refractivity contribution >= 4 is 17.6 Å². The van der Waals surface area contributed by atoms with Crippen molar-refractivity contribution in [2.24, 2.45) is 0 Å². The van der Waals surface area contributed by atoms with Gasteiger partial charge in [0.25, 0.3) is 0 Å². The molecule has 1 aromatic rings. The first-order valence-electron chi connectivity index (χ1n) is 6.29. The molecule has 0 amide bonds. The molecular weight excluding hydrogens is 269 g/mol. The molecule has 0 saturated carbocycles. The highest BCUT2D eigenvalue weighted by atomic mass is 35.5. The van der Waals surface area contributed by atoms with Crippen LogP contribution in [0.3, 0.4) is 0 Å². The number of carbonyl (C=O) groups is 1. The van der Waals surface area contributed by atoms with Crippen LogP contribution in [0.15, 0.2) is 18.2 Å². The van der Waals surface area contributed by atoms with Crippen LogP contribution in [0.25, 0.3) is 0 Å². The monoisotopic (exact) mass is 287 g/mol. The predicted octanol–water partition coefficient (Wildman–Crippen LogP) is 3.73. The van der Waals surface area contributed by atoms with Crippen LogP contribution in [-0.2, 0) is 4.79 Å². The Kier molecular flexibility index (Phi) is 5.76. The van der Waals surface area contributed by atoms with Crippen molar-refractivity contribution in [3.8, 4) is 0 Å². The predicted molar refractivity (Wildman–Crippen MR) is 73.9 cm³/mol. The first-order chi connectivity index (χ1) is 8.86. The Morgan fingerprint density at radius 3 is 2.58 bits per heavy atom. The Morgan fingerprint density at radius 1 is 1.47 bits per heavy atom. The quantitative estimate of drug-likeness (QED) is 0.867. The minimum atomic E-state index is -0.824. The lowest BCUT2D eigenvalue weighted by molar-refractivity contribution is -0.138. The number of rotatable bonds is 6. The maximum absolute atomic E-state index is 13.2. The smallest absolute Gasteiger partial charge is 0.304 e. The van der Waals surface area contributed by atoms with Gasteiger partial charge in [-0.25, -0.2) is 4.39 Å². The summed E-state index contributed by atoms with van der Waals surface area (Å²) in [4.78, 5) is 12.8. The topological polar surface area (TPSA) is 40.5 Å². The number of carboxylic acid groups (broad SMARTS) is 1. The van der Waals surface area contributed by atoms with Crippen LogP contribution in [0.4, 0.5) is 4.39 Å². The van der Waals surface area contributed by atoms with Crippen molar-refractivity contribution in [2.75, 3.05) is 6.54 Å². The largest absolute Gasteiger partial charge is 0.481 e. The maximum atomic E-state index is 13.2. The number of nitrogens with zero attached hydrogens (tertiary/aromatic N) is 1. The molecule has 0 fully saturated rings. The lowest BCUT2D eigenvalue weighted by atomic mass is 10.0. The highest BCUT2D eigenvalue weighted by Gasteiger charge is 2.22. The van der Waals surface area contributed by atoms with Crippen LogP contribution in [0.1, 0.15) is 38.8 Å². The minimum absolute atomic E-state index is 0.0163. The molecule has 1 N–H and O–H groups in total. The third-order valence-electron chi connectivity index (χ3n) is 3.32. The third kappa shape index (κ3) is 4.18. The number of aliphatic carboxylic acids is 1. The zero-order chi connectivity index (χ0) is 14.6. The minimum Gasteiger partial charge on any atom is -0.481 e. The maximum Gasteiger partial charge on any atom is 0.304 e. The molecule has 19 heavy (non-hydrogen) atoms. The fourth-order valence-corrected chi connectivity index (χ4v) is 2.49. The summed E-state index contributed by atoms with van der Waals surface area (Å²) in [6.07, 6.45) is 0.0765. The van der Waals surface area contributed by atoms with E-state index in [0.29, 0.717) is 6.54 Å². The second kappa shape index (κ2) is 6.87. The second-order valence-corrected chi connectivity index (χ2v) is 5.03. The van der Waals surface area contributed by atoms with Gasteiger partial charge in [0.1, 0.15) is 5.82 Å². The number of benzene rings is 1. The number of hydrogen-bond acceptors (Lipinski definition) is 2. The molecule has 0 aliphatic heterocycles. The summed E-state index contributed by atoms with van der Waals surface area (Å²) in [7, 11) is 0. The first kappa shape index (κ1) is 15.9. The molecule has 0 aliphatic rings. The average molecular weight is 288 g/mol. The number of hydrogen-bond donors (Lipinski definition) is 1. The van der Waals surface area contributed by atoms with Crippen molar-refractivity contribution in [3.63, 3.8) is 0 Å². The van der Waals surface area contributed by atoms with Gasteiger partial charge in [0.15, 0.2) is 0 Å². The van der Waals surface area contributed by atoms with E-state index in [0.717, 1.165) is 5.56 Å². The molecule has 1 rings (SSSR count). The van der Waals surface area contributed by atoms with Crippen LogP contribution in [0.5, 0.6) is 0 Å². The van der Waals surface area contributed by atoms with Crippen molar-refractivity contribution < 1.29 is 14.3 Å². The van der Waals surface area contributed by atoms with Gasteiger partial charge in [-0.15, -0.1) is 0 Å². The van der Waals surface area contributed by atoms with E-state index >= 15 is 0 Å². The molecule has 0 saturated heterocycles. The van der Waals surface area contributed by atoms with Crippen LogP contribution >= 0.6 is 11.6 Å². The summed E-state index contributed by atoms with van der Waals surface area (Å²) >= 11 is 5.78. The third-order valence-corrected chi connectivity index (χ3v) is 3.61. The van der Waals surface area contributed by atoms with E-state index in [2.05, 4.69) is 4.90 Å². The summed E-state index contributed by atoms with van der Waals surface area (Å²) in [6.45, 7) is 6.52. The lowest BCUT2D eigenvalue weighted by Crippen LogP contribution is -2.36. The highest BCUT2D eigenvalue weighted by Crippen LogP contribution is 2.26. The van der Waals surface area contributed by atoms with Gasteiger partial charge in [0, 0.05) is 12.1 Å². The zero-order valence-electron chi connectivity index (χ0n) is 11.4. The summed E-state index contributed by atoms with van der Waals surface area (Å²) < 4.78 is 13.2. The Balaban J connectivity index is 2.91. The van der Waals surface area contributed by atoms with Gasteiger partial charge in [-0.2, -0.15) is 0 Å². The molecule has 0 spiro atoms. The normalized spacial score (nSPS) is 14.4. The summed E-state index contributed by atoms with van der Waals surface area (Å²) in [5.74, 6) is -1.27. The Hall–Kier alpha value is -1.13. The summed E-state index contributed by atoms with van der Waals surface area (Å²) in [5, 5.41) is 8.95. The average Bonchev–Trinajstić information content (AvgIpc) is 2.32. The van der Waals surface area contributed by atoms with Gasteiger partial charge in [0.05, 0.1) is 11.4 Å². The van der Waals surface area contributed by atoms with Crippen LogP contribution in [0.2, 0.25) is 5.02 Å². The molecule has 0 heterocycles.